The van der Waals surface area contributed by atoms with Gasteiger partial charge in [0, 0.05) is 24.7 Å². The Labute approximate surface area is 174 Å². The average molecular weight is 480 g/mol. The fraction of sp³-hybridized carbons (Fsp3) is 0.167. The number of benzene rings is 1. The van der Waals surface area contributed by atoms with E-state index in [9.17, 15) is 0 Å². The Bertz CT molecular complexity index is 899. The van der Waals surface area contributed by atoms with E-state index < -0.39 is 0 Å². The Balaban J connectivity index is 0.00000261. The Morgan fingerprint density at radius 2 is 2.04 bits per heavy atom. The normalized spacial score (nSPS) is 10.8. The van der Waals surface area contributed by atoms with E-state index in [1.165, 1.54) is 0 Å². The maximum atomic E-state index is 6.01. The largest absolute Gasteiger partial charge is 0.497 e. The van der Waals surface area contributed by atoms with Gasteiger partial charge >= 0.3 is 0 Å². The summed E-state index contributed by atoms with van der Waals surface area (Å²) in [5.74, 6) is 2.34. The van der Waals surface area contributed by atoms with Gasteiger partial charge in [-0.2, -0.15) is 5.10 Å². The first-order chi connectivity index (χ1) is 12.7. The van der Waals surface area contributed by atoms with Gasteiger partial charge in [0.1, 0.15) is 11.5 Å². The van der Waals surface area contributed by atoms with Crippen LogP contribution in [0, 0.1) is 0 Å². The summed E-state index contributed by atoms with van der Waals surface area (Å²) in [6, 6.07) is 11.0. The van der Waals surface area contributed by atoms with Crippen molar-refractivity contribution >= 4 is 35.6 Å². The van der Waals surface area contributed by atoms with Gasteiger partial charge in [0.25, 0.3) is 0 Å². The van der Waals surface area contributed by atoms with E-state index in [-0.39, 0.29) is 29.9 Å². The average Bonchev–Trinajstić information content (AvgIpc) is 3.21. The van der Waals surface area contributed by atoms with Gasteiger partial charge in [-0.1, -0.05) is 0 Å². The molecule has 3 aromatic rings. The zero-order valence-electron chi connectivity index (χ0n) is 15.0. The maximum absolute atomic E-state index is 6.01. The topological polar surface area (TPSA) is 99.6 Å². The smallest absolute Gasteiger partial charge is 0.193 e. The minimum absolute atomic E-state index is 0. The van der Waals surface area contributed by atoms with Crippen molar-refractivity contribution < 1.29 is 9.47 Å². The van der Waals surface area contributed by atoms with Gasteiger partial charge in [0.05, 0.1) is 26.5 Å². The van der Waals surface area contributed by atoms with E-state index in [0.29, 0.717) is 23.7 Å². The van der Waals surface area contributed by atoms with Gasteiger partial charge in [-0.25, -0.2) is 14.7 Å². The molecule has 0 aliphatic carbocycles. The number of nitrogens with two attached hydrogens (primary N) is 1. The number of hydrogen-bond donors (Lipinski definition) is 2. The number of nitrogens with zero attached hydrogens (tertiary/aromatic N) is 4. The van der Waals surface area contributed by atoms with Gasteiger partial charge in [-0.3, -0.25) is 0 Å². The third-order valence-electron chi connectivity index (χ3n) is 3.65. The van der Waals surface area contributed by atoms with Gasteiger partial charge in [-0.15, -0.1) is 24.0 Å². The molecule has 2 aromatic heterocycles. The van der Waals surface area contributed by atoms with Crippen LogP contribution < -0.4 is 20.5 Å². The quantitative estimate of drug-likeness (QED) is 0.320. The Hall–Kier alpha value is -2.82. The molecule has 0 saturated heterocycles. The molecule has 142 valence electrons. The predicted molar refractivity (Wildman–Crippen MR) is 115 cm³/mol. The molecule has 3 rings (SSSR count). The first-order valence-corrected chi connectivity index (χ1v) is 7.93. The first-order valence-electron chi connectivity index (χ1n) is 7.93. The summed E-state index contributed by atoms with van der Waals surface area (Å²) in [6.07, 6.45) is 5.26. The number of hydrogen-bond acceptors (Lipinski definition) is 5. The van der Waals surface area contributed by atoms with Crippen molar-refractivity contribution in [2.24, 2.45) is 10.7 Å². The molecule has 0 atom stereocenters. The molecule has 0 saturated carbocycles. The summed E-state index contributed by atoms with van der Waals surface area (Å²) in [6.45, 7) is 0.405. The van der Waals surface area contributed by atoms with Crippen molar-refractivity contribution in [2.45, 2.75) is 6.54 Å². The highest BCUT2D eigenvalue weighted by molar-refractivity contribution is 14.0. The maximum Gasteiger partial charge on any atom is 0.193 e. The Morgan fingerprint density at radius 3 is 2.74 bits per heavy atom. The minimum Gasteiger partial charge on any atom is -0.497 e. The molecule has 0 spiro atoms. The SMILES string of the molecule is COc1ccc(OC)c(NC(N)=NCc2ccnc(-n3cccn3)c2)c1.I. The number of ether oxygens (including phenoxy) is 2. The summed E-state index contributed by atoms with van der Waals surface area (Å²) in [7, 11) is 3.19. The van der Waals surface area contributed by atoms with E-state index in [0.717, 1.165) is 11.4 Å². The fourth-order valence-electron chi connectivity index (χ4n) is 2.35. The number of pyridine rings is 1. The number of methoxy groups -OCH3 is 2. The number of aromatic nitrogens is 3. The number of anilines is 1. The molecular weight excluding hydrogens is 459 g/mol. The van der Waals surface area contributed by atoms with Crippen LogP contribution in [-0.2, 0) is 6.54 Å². The molecule has 0 radical (unpaired) electrons. The third kappa shape index (κ3) is 5.33. The Kier molecular flexibility index (Phi) is 7.41. The zero-order chi connectivity index (χ0) is 18.4. The van der Waals surface area contributed by atoms with Crippen LogP contribution in [0.4, 0.5) is 5.69 Å². The van der Waals surface area contributed by atoms with Crippen LogP contribution in [0.25, 0.3) is 5.82 Å². The monoisotopic (exact) mass is 480 g/mol. The number of nitrogens with one attached hydrogen (secondary N) is 1. The molecule has 9 heteroatoms. The van der Waals surface area contributed by atoms with Crippen LogP contribution in [-0.4, -0.2) is 34.9 Å². The van der Waals surface area contributed by atoms with Crippen molar-refractivity contribution in [3.8, 4) is 17.3 Å². The lowest BCUT2D eigenvalue weighted by molar-refractivity contribution is 0.405. The van der Waals surface area contributed by atoms with Crippen molar-refractivity contribution in [3.63, 3.8) is 0 Å². The number of halogens is 1. The van der Waals surface area contributed by atoms with Crippen LogP contribution in [0.1, 0.15) is 5.56 Å². The van der Waals surface area contributed by atoms with E-state index in [2.05, 4.69) is 20.4 Å². The van der Waals surface area contributed by atoms with Gasteiger partial charge in [0.15, 0.2) is 11.8 Å². The summed E-state index contributed by atoms with van der Waals surface area (Å²) >= 11 is 0. The number of aliphatic imine (C=N–C) groups is 1. The second-order valence-corrected chi connectivity index (χ2v) is 5.37. The standard InChI is InChI=1S/C18H20N6O2.HI/c1-25-14-4-5-16(26-2)15(11-14)23-18(19)21-12-13-6-8-20-17(10-13)24-9-3-7-22-24;/h3-11H,12H2,1-2H3,(H3,19,21,23);1H. The molecular formula is C18H21IN6O2. The second kappa shape index (κ2) is 9.76. The molecule has 2 heterocycles. The van der Waals surface area contributed by atoms with Crippen molar-refractivity contribution in [3.05, 3.63) is 60.6 Å². The lowest BCUT2D eigenvalue weighted by atomic mass is 10.2. The fourth-order valence-corrected chi connectivity index (χ4v) is 2.35. The van der Waals surface area contributed by atoms with Crippen LogP contribution >= 0.6 is 24.0 Å². The molecule has 0 amide bonds. The minimum atomic E-state index is 0. The van der Waals surface area contributed by atoms with E-state index in [4.69, 9.17) is 15.2 Å². The van der Waals surface area contributed by atoms with Crippen LogP contribution in [0.5, 0.6) is 11.5 Å². The molecule has 0 aliphatic heterocycles. The highest BCUT2D eigenvalue weighted by Gasteiger charge is 2.06. The molecule has 0 fully saturated rings. The summed E-state index contributed by atoms with van der Waals surface area (Å²) in [4.78, 5) is 8.67. The van der Waals surface area contributed by atoms with Crippen LogP contribution in [0.2, 0.25) is 0 Å². The molecule has 27 heavy (non-hydrogen) atoms. The highest BCUT2D eigenvalue weighted by atomic mass is 127. The van der Waals surface area contributed by atoms with Crippen molar-refractivity contribution in [1.29, 1.82) is 0 Å². The predicted octanol–water partition coefficient (Wildman–Crippen LogP) is 2.83. The van der Waals surface area contributed by atoms with Gasteiger partial charge in [0.2, 0.25) is 0 Å². The van der Waals surface area contributed by atoms with Gasteiger partial charge in [-0.05, 0) is 35.9 Å². The van der Waals surface area contributed by atoms with Crippen LogP contribution in [0.15, 0.2) is 60.0 Å². The lowest BCUT2D eigenvalue weighted by Crippen LogP contribution is -2.23. The van der Waals surface area contributed by atoms with E-state index >= 15 is 0 Å². The molecule has 1 aromatic carbocycles. The zero-order valence-corrected chi connectivity index (χ0v) is 17.3. The molecule has 8 nitrogen and oxygen atoms in total. The van der Waals surface area contributed by atoms with Crippen molar-refractivity contribution in [1.82, 2.24) is 14.8 Å². The van der Waals surface area contributed by atoms with Gasteiger partial charge < -0.3 is 20.5 Å². The molecule has 0 bridgehead atoms. The van der Waals surface area contributed by atoms with Crippen molar-refractivity contribution in [2.75, 3.05) is 19.5 Å². The molecule has 3 N–H and O–H groups in total. The molecule has 0 aliphatic rings. The van der Waals surface area contributed by atoms with E-state index in [1.54, 1.807) is 43.4 Å². The highest BCUT2D eigenvalue weighted by Crippen LogP contribution is 2.28. The van der Waals surface area contributed by atoms with E-state index in [1.807, 2.05) is 30.5 Å². The first kappa shape index (κ1) is 20.5. The lowest BCUT2D eigenvalue weighted by Gasteiger charge is -2.12. The van der Waals surface area contributed by atoms with Crippen LogP contribution in [0.3, 0.4) is 0 Å². The molecule has 0 unspecified atom stereocenters. The summed E-state index contributed by atoms with van der Waals surface area (Å²) < 4.78 is 12.2. The summed E-state index contributed by atoms with van der Waals surface area (Å²) in [5, 5.41) is 7.21. The number of rotatable bonds is 6. The second-order valence-electron chi connectivity index (χ2n) is 5.37. The number of guanidine groups is 1. The Morgan fingerprint density at radius 1 is 1.19 bits per heavy atom. The third-order valence-corrected chi connectivity index (χ3v) is 3.65. The summed E-state index contributed by atoms with van der Waals surface area (Å²) in [5.41, 5.74) is 7.66.